The maximum absolute atomic E-state index is 12.0. The smallest absolute Gasteiger partial charge is 0.267 e. The molecule has 106 valence electrons. The van der Waals surface area contributed by atoms with E-state index in [9.17, 15) is 14.7 Å². The normalized spacial score (nSPS) is 13.9. The van der Waals surface area contributed by atoms with Crippen LogP contribution in [-0.2, 0) is 7.05 Å². The number of aliphatic hydroxyl groups is 1. The van der Waals surface area contributed by atoms with Crippen molar-refractivity contribution in [1.82, 2.24) is 9.88 Å². The molecule has 5 nitrogen and oxygen atoms in total. The number of Topliss-reactive ketones (excluding diaryl/α,β-unsaturated/α-hetero) is 1. The van der Waals surface area contributed by atoms with Crippen molar-refractivity contribution >= 4 is 11.7 Å². The van der Waals surface area contributed by atoms with Gasteiger partial charge in [0.05, 0.1) is 6.10 Å². The number of hydrogen-bond acceptors (Lipinski definition) is 3. The summed E-state index contributed by atoms with van der Waals surface area (Å²) in [5, 5.41) is 12.1. The number of hydrogen-bond donors (Lipinski definition) is 2. The van der Waals surface area contributed by atoms with Crippen molar-refractivity contribution in [1.29, 1.82) is 0 Å². The minimum Gasteiger partial charge on any atom is -0.393 e. The monoisotopic (exact) mass is 266 g/mol. The average molecular weight is 266 g/mol. The van der Waals surface area contributed by atoms with Gasteiger partial charge in [-0.15, -0.1) is 0 Å². The molecule has 5 heteroatoms. The topological polar surface area (TPSA) is 71.3 Å². The second-order valence-corrected chi connectivity index (χ2v) is 5.18. The molecule has 1 heterocycles. The van der Waals surface area contributed by atoms with Crippen LogP contribution in [0.1, 0.15) is 48.0 Å². The molecule has 1 amide bonds. The van der Waals surface area contributed by atoms with E-state index < -0.39 is 0 Å². The van der Waals surface area contributed by atoms with Crippen LogP contribution >= 0.6 is 0 Å². The fourth-order valence-electron chi connectivity index (χ4n) is 2.01. The zero-order valence-corrected chi connectivity index (χ0v) is 11.9. The molecule has 0 spiro atoms. The predicted molar refractivity (Wildman–Crippen MR) is 73.2 cm³/mol. The van der Waals surface area contributed by atoms with Gasteiger partial charge in [0.2, 0.25) is 0 Å². The van der Waals surface area contributed by atoms with Crippen molar-refractivity contribution in [3.05, 3.63) is 23.5 Å². The van der Waals surface area contributed by atoms with E-state index >= 15 is 0 Å². The molecule has 0 aliphatic heterocycles. The number of carbonyl (C=O) groups is 2. The zero-order chi connectivity index (χ0) is 14.6. The first-order valence-corrected chi connectivity index (χ1v) is 6.44. The van der Waals surface area contributed by atoms with Crippen LogP contribution in [-0.4, -0.2) is 34.0 Å². The molecular formula is C14H22N2O3. The van der Waals surface area contributed by atoms with Crippen LogP contribution in [0.2, 0.25) is 0 Å². The second-order valence-electron chi connectivity index (χ2n) is 5.18. The predicted octanol–water partition coefficient (Wildman–Crippen LogP) is 1.36. The Labute approximate surface area is 113 Å². The molecule has 0 aromatic carbocycles. The Hall–Kier alpha value is -1.62. The van der Waals surface area contributed by atoms with Crippen LogP contribution in [0.4, 0.5) is 0 Å². The van der Waals surface area contributed by atoms with Gasteiger partial charge < -0.3 is 15.0 Å². The average Bonchev–Trinajstić information content (AvgIpc) is 2.67. The van der Waals surface area contributed by atoms with Crippen LogP contribution in [0.25, 0.3) is 0 Å². The van der Waals surface area contributed by atoms with E-state index in [4.69, 9.17) is 0 Å². The molecule has 0 aliphatic carbocycles. The second kappa shape index (κ2) is 6.52. The third kappa shape index (κ3) is 4.52. The Balaban J connectivity index is 2.61. The highest BCUT2D eigenvalue weighted by Gasteiger charge is 2.14. The highest BCUT2D eigenvalue weighted by Crippen LogP contribution is 2.09. The van der Waals surface area contributed by atoms with Gasteiger partial charge in [-0.1, -0.05) is 6.92 Å². The Morgan fingerprint density at radius 3 is 2.53 bits per heavy atom. The lowest BCUT2D eigenvalue weighted by molar-refractivity contribution is 0.0931. The summed E-state index contributed by atoms with van der Waals surface area (Å²) in [6.07, 6.45) is 1.93. The summed E-state index contributed by atoms with van der Waals surface area (Å²) in [6, 6.07) is 1.59. The first-order valence-electron chi connectivity index (χ1n) is 6.44. The summed E-state index contributed by atoms with van der Waals surface area (Å²) < 4.78 is 1.64. The summed E-state index contributed by atoms with van der Waals surface area (Å²) in [5.74, 6) is -0.0546. The van der Waals surface area contributed by atoms with Crippen LogP contribution in [0.5, 0.6) is 0 Å². The largest absolute Gasteiger partial charge is 0.393 e. The molecule has 1 rings (SSSR count). The number of aromatic nitrogens is 1. The van der Waals surface area contributed by atoms with Gasteiger partial charge >= 0.3 is 0 Å². The maximum Gasteiger partial charge on any atom is 0.267 e. The van der Waals surface area contributed by atoms with Gasteiger partial charge in [0.25, 0.3) is 5.91 Å². The van der Waals surface area contributed by atoms with Gasteiger partial charge in [0, 0.05) is 25.4 Å². The number of rotatable bonds is 6. The lowest BCUT2D eigenvalue weighted by Crippen LogP contribution is -2.30. The number of nitrogens with zero attached hydrogens (tertiary/aromatic N) is 1. The Kier molecular flexibility index (Phi) is 5.30. The highest BCUT2D eigenvalue weighted by molar-refractivity contribution is 5.99. The van der Waals surface area contributed by atoms with E-state index in [2.05, 4.69) is 5.32 Å². The fraction of sp³-hybridized carbons (Fsp3) is 0.571. The van der Waals surface area contributed by atoms with Gasteiger partial charge in [-0.3, -0.25) is 9.59 Å². The van der Waals surface area contributed by atoms with Crippen LogP contribution < -0.4 is 5.32 Å². The van der Waals surface area contributed by atoms with Crippen molar-refractivity contribution in [2.75, 3.05) is 6.54 Å². The summed E-state index contributed by atoms with van der Waals surface area (Å²) in [5.41, 5.74) is 0.999. The van der Waals surface area contributed by atoms with Crippen LogP contribution in [0.3, 0.4) is 0 Å². The lowest BCUT2D eigenvalue weighted by Gasteiger charge is -2.14. The zero-order valence-electron chi connectivity index (χ0n) is 11.9. The summed E-state index contributed by atoms with van der Waals surface area (Å²) in [4.78, 5) is 23.2. The molecule has 1 aromatic heterocycles. The molecule has 2 N–H and O–H groups in total. The minimum absolute atomic E-state index is 0.0582. The number of aliphatic hydroxyl groups excluding tert-OH is 1. The Morgan fingerprint density at radius 1 is 1.42 bits per heavy atom. The maximum atomic E-state index is 12.0. The number of nitrogens with one attached hydrogen (secondary N) is 1. The van der Waals surface area contributed by atoms with Gasteiger partial charge in [-0.05, 0) is 32.3 Å². The number of amides is 1. The standard InChI is InChI=1S/C14H22N2O3/c1-9(5-10(2)17)7-15-14(19)13-6-12(11(3)18)8-16(13)4/h6,8-10,17H,5,7H2,1-4H3,(H,15,19). The molecule has 0 radical (unpaired) electrons. The van der Waals surface area contributed by atoms with E-state index in [1.807, 2.05) is 6.92 Å². The van der Waals surface area contributed by atoms with E-state index in [1.165, 1.54) is 6.92 Å². The van der Waals surface area contributed by atoms with E-state index in [0.717, 1.165) is 0 Å². The molecule has 0 aliphatic rings. The molecule has 2 unspecified atom stereocenters. The summed E-state index contributed by atoms with van der Waals surface area (Å²) in [7, 11) is 1.74. The number of aryl methyl sites for hydroxylation is 1. The van der Waals surface area contributed by atoms with Gasteiger partial charge in [-0.25, -0.2) is 0 Å². The molecule has 2 atom stereocenters. The van der Waals surface area contributed by atoms with Crippen molar-refractivity contribution < 1.29 is 14.7 Å². The third-order valence-corrected chi connectivity index (χ3v) is 3.00. The minimum atomic E-state index is -0.369. The van der Waals surface area contributed by atoms with Gasteiger partial charge in [0.15, 0.2) is 5.78 Å². The van der Waals surface area contributed by atoms with E-state index in [-0.39, 0.29) is 23.7 Å². The van der Waals surface area contributed by atoms with Gasteiger partial charge in [-0.2, -0.15) is 0 Å². The molecule has 0 saturated heterocycles. The molecule has 19 heavy (non-hydrogen) atoms. The molecule has 0 fully saturated rings. The fourth-order valence-corrected chi connectivity index (χ4v) is 2.01. The summed E-state index contributed by atoms with van der Waals surface area (Å²) >= 11 is 0. The summed E-state index contributed by atoms with van der Waals surface area (Å²) in [6.45, 7) is 5.68. The quantitative estimate of drug-likeness (QED) is 0.764. The number of ketones is 1. The molecule has 1 aromatic rings. The van der Waals surface area contributed by atoms with Crippen molar-refractivity contribution in [2.45, 2.75) is 33.3 Å². The van der Waals surface area contributed by atoms with Crippen molar-refractivity contribution in [3.63, 3.8) is 0 Å². The van der Waals surface area contributed by atoms with Crippen LogP contribution in [0, 0.1) is 5.92 Å². The Bertz CT molecular complexity index is 463. The van der Waals surface area contributed by atoms with E-state index in [1.54, 1.807) is 30.8 Å². The van der Waals surface area contributed by atoms with Gasteiger partial charge in [0.1, 0.15) is 5.69 Å². The number of carbonyl (C=O) groups excluding carboxylic acids is 2. The highest BCUT2D eigenvalue weighted by atomic mass is 16.3. The SMILES string of the molecule is CC(=O)c1cc(C(=O)NCC(C)CC(C)O)n(C)c1. The van der Waals surface area contributed by atoms with Crippen molar-refractivity contribution in [2.24, 2.45) is 13.0 Å². The van der Waals surface area contributed by atoms with Crippen LogP contribution in [0.15, 0.2) is 12.3 Å². The molecule has 0 saturated carbocycles. The Morgan fingerprint density at radius 2 is 2.05 bits per heavy atom. The van der Waals surface area contributed by atoms with E-state index in [0.29, 0.717) is 24.2 Å². The van der Waals surface area contributed by atoms with Crippen molar-refractivity contribution in [3.8, 4) is 0 Å². The first kappa shape index (κ1) is 15.4. The molecule has 0 bridgehead atoms. The first-order chi connectivity index (χ1) is 8.81. The molecular weight excluding hydrogens is 244 g/mol. The third-order valence-electron chi connectivity index (χ3n) is 3.00. The lowest BCUT2D eigenvalue weighted by atomic mass is 10.0.